The Bertz CT molecular complexity index is 214. The number of rotatable bonds is 4. The second kappa shape index (κ2) is 6.41. The Morgan fingerprint density at radius 3 is 2.80 bits per heavy atom. The van der Waals surface area contributed by atoms with Gasteiger partial charge in [-0.2, -0.15) is 0 Å². The summed E-state index contributed by atoms with van der Waals surface area (Å²) in [6, 6.07) is 1.10. The number of thioether (sulfide) groups is 1. The standard InChI is InChI=1S/C12H24N2S/c1-5-11-6-7-15-12(14-11)13-10(4)8-9(2)3/h9-11H,5-8H2,1-4H3,(H,13,14). The van der Waals surface area contributed by atoms with E-state index < -0.39 is 0 Å². The summed E-state index contributed by atoms with van der Waals surface area (Å²) in [5, 5.41) is 4.70. The van der Waals surface area contributed by atoms with Crippen molar-refractivity contribution in [1.29, 1.82) is 0 Å². The first-order valence-corrected chi connectivity index (χ1v) is 7.07. The van der Waals surface area contributed by atoms with Crippen molar-refractivity contribution in [3.05, 3.63) is 0 Å². The first-order valence-electron chi connectivity index (χ1n) is 6.09. The molecule has 0 aromatic rings. The van der Waals surface area contributed by atoms with Crippen LogP contribution in [0.15, 0.2) is 4.99 Å². The maximum absolute atomic E-state index is 4.72. The van der Waals surface area contributed by atoms with Crippen molar-refractivity contribution in [3.8, 4) is 0 Å². The van der Waals surface area contributed by atoms with Crippen LogP contribution < -0.4 is 5.32 Å². The Morgan fingerprint density at radius 1 is 1.47 bits per heavy atom. The Balaban J connectivity index is 2.39. The molecule has 0 aliphatic carbocycles. The number of amidine groups is 1. The summed E-state index contributed by atoms with van der Waals surface area (Å²) >= 11 is 1.88. The highest BCUT2D eigenvalue weighted by Gasteiger charge is 2.15. The average Bonchev–Trinajstić information content (AvgIpc) is 2.16. The van der Waals surface area contributed by atoms with Gasteiger partial charge in [-0.25, -0.2) is 0 Å². The molecule has 0 radical (unpaired) electrons. The highest BCUT2D eigenvalue weighted by molar-refractivity contribution is 8.13. The average molecular weight is 228 g/mol. The van der Waals surface area contributed by atoms with E-state index in [2.05, 4.69) is 33.0 Å². The maximum Gasteiger partial charge on any atom is 0.157 e. The Hall–Kier alpha value is -0.180. The molecule has 0 bridgehead atoms. The van der Waals surface area contributed by atoms with Gasteiger partial charge in [-0.05, 0) is 32.1 Å². The van der Waals surface area contributed by atoms with Crippen LogP contribution in [0.5, 0.6) is 0 Å². The van der Waals surface area contributed by atoms with E-state index >= 15 is 0 Å². The third kappa shape index (κ3) is 4.92. The number of aliphatic imine (C=N–C) groups is 1. The normalized spacial score (nSPS) is 23.8. The molecule has 0 saturated carbocycles. The Labute approximate surface area is 98.3 Å². The minimum atomic E-state index is 0.548. The maximum atomic E-state index is 4.72. The van der Waals surface area contributed by atoms with Crippen LogP contribution >= 0.6 is 11.8 Å². The summed E-state index contributed by atoms with van der Waals surface area (Å²) in [4.78, 5) is 4.72. The van der Waals surface area contributed by atoms with Crippen LogP contribution in [0.4, 0.5) is 0 Å². The van der Waals surface area contributed by atoms with E-state index in [1.807, 2.05) is 11.8 Å². The second-order valence-electron chi connectivity index (χ2n) is 4.81. The van der Waals surface area contributed by atoms with E-state index in [0.717, 1.165) is 5.92 Å². The van der Waals surface area contributed by atoms with Crippen LogP contribution in [0.3, 0.4) is 0 Å². The van der Waals surface area contributed by atoms with E-state index in [1.54, 1.807) is 0 Å². The topological polar surface area (TPSA) is 24.4 Å². The molecule has 15 heavy (non-hydrogen) atoms. The molecule has 1 aliphatic rings. The molecule has 0 aromatic heterocycles. The van der Waals surface area contributed by atoms with Gasteiger partial charge in [0.25, 0.3) is 0 Å². The van der Waals surface area contributed by atoms with E-state index in [4.69, 9.17) is 4.99 Å². The van der Waals surface area contributed by atoms with Gasteiger partial charge in [0.1, 0.15) is 0 Å². The molecular weight excluding hydrogens is 204 g/mol. The summed E-state index contributed by atoms with van der Waals surface area (Å²) in [5.41, 5.74) is 0. The predicted molar refractivity (Wildman–Crippen MR) is 70.6 cm³/mol. The third-order valence-electron chi connectivity index (χ3n) is 2.66. The van der Waals surface area contributed by atoms with Crippen LogP contribution in [0, 0.1) is 5.92 Å². The van der Waals surface area contributed by atoms with Crippen molar-refractivity contribution in [3.63, 3.8) is 0 Å². The van der Waals surface area contributed by atoms with Crippen molar-refractivity contribution in [2.24, 2.45) is 10.9 Å². The summed E-state index contributed by atoms with van der Waals surface area (Å²) in [7, 11) is 0. The number of hydrogen-bond acceptors (Lipinski definition) is 3. The molecule has 0 fully saturated rings. The SMILES string of the molecule is CCC1CCSC(NC(C)CC(C)C)=N1. The van der Waals surface area contributed by atoms with Crippen LogP contribution in [0.25, 0.3) is 0 Å². The molecular formula is C12H24N2S. The number of nitrogens with zero attached hydrogens (tertiary/aromatic N) is 1. The number of nitrogens with one attached hydrogen (secondary N) is 1. The van der Waals surface area contributed by atoms with Crippen molar-refractivity contribution in [2.45, 2.75) is 59.0 Å². The summed E-state index contributed by atoms with van der Waals surface area (Å²) in [5.74, 6) is 1.97. The third-order valence-corrected chi connectivity index (χ3v) is 3.59. The van der Waals surface area contributed by atoms with Gasteiger partial charge in [0.05, 0.1) is 6.04 Å². The second-order valence-corrected chi connectivity index (χ2v) is 5.89. The minimum absolute atomic E-state index is 0.548. The van der Waals surface area contributed by atoms with Crippen LogP contribution in [0.2, 0.25) is 0 Å². The molecule has 1 heterocycles. The lowest BCUT2D eigenvalue weighted by Gasteiger charge is -2.23. The molecule has 0 aromatic carbocycles. The lowest BCUT2D eigenvalue weighted by atomic mass is 10.1. The zero-order valence-electron chi connectivity index (χ0n) is 10.4. The Kier molecular flexibility index (Phi) is 5.51. The van der Waals surface area contributed by atoms with Gasteiger partial charge in [0, 0.05) is 11.8 Å². The molecule has 1 aliphatic heterocycles. The van der Waals surface area contributed by atoms with E-state index in [9.17, 15) is 0 Å². The molecule has 3 heteroatoms. The van der Waals surface area contributed by atoms with Gasteiger partial charge < -0.3 is 5.32 Å². The van der Waals surface area contributed by atoms with Gasteiger partial charge in [0.15, 0.2) is 5.17 Å². The van der Waals surface area contributed by atoms with E-state index in [0.29, 0.717) is 12.1 Å². The largest absolute Gasteiger partial charge is 0.362 e. The van der Waals surface area contributed by atoms with Crippen molar-refractivity contribution in [2.75, 3.05) is 5.75 Å². The van der Waals surface area contributed by atoms with Gasteiger partial charge in [-0.3, -0.25) is 4.99 Å². The summed E-state index contributed by atoms with van der Waals surface area (Å²) in [6.07, 6.45) is 3.63. The van der Waals surface area contributed by atoms with Gasteiger partial charge in [-0.1, -0.05) is 32.5 Å². The monoisotopic (exact) mass is 228 g/mol. The molecule has 2 unspecified atom stereocenters. The molecule has 0 amide bonds. The fraction of sp³-hybridized carbons (Fsp3) is 0.917. The quantitative estimate of drug-likeness (QED) is 0.798. The fourth-order valence-corrected chi connectivity index (χ4v) is 3.00. The number of hydrogen-bond donors (Lipinski definition) is 1. The molecule has 2 nitrogen and oxygen atoms in total. The lowest BCUT2D eigenvalue weighted by Crippen LogP contribution is -2.34. The van der Waals surface area contributed by atoms with E-state index in [1.165, 1.54) is 30.2 Å². The van der Waals surface area contributed by atoms with Gasteiger partial charge >= 0.3 is 0 Å². The molecule has 0 spiro atoms. The first-order chi connectivity index (χ1) is 7.11. The Morgan fingerprint density at radius 2 is 2.20 bits per heavy atom. The van der Waals surface area contributed by atoms with Crippen molar-refractivity contribution < 1.29 is 0 Å². The zero-order valence-corrected chi connectivity index (χ0v) is 11.2. The van der Waals surface area contributed by atoms with Crippen molar-refractivity contribution in [1.82, 2.24) is 5.32 Å². The molecule has 1 rings (SSSR count). The summed E-state index contributed by atoms with van der Waals surface area (Å²) < 4.78 is 0. The molecule has 1 N–H and O–H groups in total. The van der Waals surface area contributed by atoms with Crippen LogP contribution in [0.1, 0.15) is 47.0 Å². The summed E-state index contributed by atoms with van der Waals surface area (Å²) in [6.45, 7) is 9.00. The predicted octanol–water partition coefficient (Wildman–Crippen LogP) is 3.28. The first kappa shape index (κ1) is 12.9. The van der Waals surface area contributed by atoms with Crippen LogP contribution in [-0.4, -0.2) is 23.0 Å². The van der Waals surface area contributed by atoms with E-state index in [-0.39, 0.29) is 0 Å². The highest BCUT2D eigenvalue weighted by atomic mass is 32.2. The molecule has 88 valence electrons. The van der Waals surface area contributed by atoms with Gasteiger partial charge in [-0.15, -0.1) is 0 Å². The van der Waals surface area contributed by atoms with Crippen molar-refractivity contribution >= 4 is 16.9 Å². The smallest absolute Gasteiger partial charge is 0.157 e. The zero-order chi connectivity index (χ0) is 11.3. The fourth-order valence-electron chi connectivity index (χ4n) is 1.91. The highest BCUT2D eigenvalue weighted by Crippen LogP contribution is 2.19. The molecule has 0 saturated heterocycles. The van der Waals surface area contributed by atoms with Gasteiger partial charge in [0.2, 0.25) is 0 Å². The minimum Gasteiger partial charge on any atom is -0.362 e. The van der Waals surface area contributed by atoms with Crippen LogP contribution in [-0.2, 0) is 0 Å². The molecule has 2 atom stereocenters. The lowest BCUT2D eigenvalue weighted by molar-refractivity contribution is 0.490.